The Morgan fingerprint density at radius 2 is 1.96 bits per heavy atom. The number of nitrogens with zero attached hydrogens (tertiary/aromatic N) is 1. The van der Waals surface area contributed by atoms with Crippen LogP contribution in [0.1, 0.15) is 32.8 Å². The zero-order valence-corrected chi connectivity index (χ0v) is 19.5. The number of halogens is 1. The van der Waals surface area contributed by atoms with Crippen LogP contribution in [0.25, 0.3) is 0 Å². The van der Waals surface area contributed by atoms with Crippen molar-refractivity contribution in [3.8, 4) is 5.75 Å². The van der Waals surface area contributed by atoms with Crippen LogP contribution in [0, 0.1) is 5.41 Å². The minimum atomic E-state index is -2.94. The van der Waals surface area contributed by atoms with E-state index in [2.05, 4.69) is 29.5 Å². The highest BCUT2D eigenvalue weighted by molar-refractivity contribution is 14.0. The summed E-state index contributed by atoms with van der Waals surface area (Å²) >= 11 is 0. The van der Waals surface area contributed by atoms with Crippen molar-refractivity contribution < 1.29 is 13.2 Å². The Morgan fingerprint density at radius 1 is 1.27 bits per heavy atom. The van der Waals surface area contributed by atoms with Crippen LogP contribution in [0.3, 0.4) is 0 Å². The normalized spacial score (nSPS) is 12.3. The summed E-state index contributed by atoms with van der Waals surface area (Å²) in [7, 11) is -1.30. The molecule has 0 spiro atoms. The van der Waals surface area contributed by atoms with Gasteiger partial charge in [-0.15, -0.1) is 24.0 Å². The number of hydrogen-bond acceptors (Lipinski definition) is 4. The van der Waals surface area contributed by atoms with Gasteiger partial charge in [0.25, 0.3) is 0 Å². The number of methoxy groups -OCH3 is 1. The fourth-order valence-corrected chi connectivity index (χ4v) is 3.08. The third-order valence-electron chi connectivity index (χ3n) is 3.78. The number of nitrogens with one attached hydrogen (secondary N) is 2. The average molecular weight is 497 g/mol. The predicted molar refractivity (Wildman–Crippen MR) is 119 cm³/mol. The Labute approximate surface area is 175 Å². The van der Waals surface area contributed by atoms with Gasteiger partial charge >= 0.3 is 0 Å². The van der Waals surface area contributed by atoms with Gasteiger partial charge in [0.05, 0.1) is 19.4 Å². The minimum absolute atomic E-state index is 0. The van der Waals surface area contributed by atoms with Gasteiger partial charge < -0.3 is 15.4 Å². The molecule has 6 nitrogen and oxygen atoms in total. The lowest BCUT2D eigenvalue weighted by Gasteiger charge is -2.25. The second-order valence-corrected chi connectivity index (χ2v) is 9.20. The fourth-order valence-electron chi connectivity index (χ4n) is 2.16. The summed E-state index contributed by atoms with van der Waals surface area (Å²) in [5, 5.41) is 6.52. The Hall–Kier alpha value is -1.03. The van der Waals surface area contributed by atoms with Gasteiger partial charge in [-0.1, -0.05) is 26.0 Å². The van der Waals surface area contributed by atoms with E-state index in [0.29, 0.717) is 19.5 Å². The molecule has 0 unspecified atom stereocenters. The Balaban J connectivity index is 0.00000625. The van der Waals surface area contributed by atoms with E-state index >= 15 is 0 Å². The van der Waals surface area contributed by atoms with Crippen molar-refractivity contribution in [2.24, 2.45) is 10.4 Å². The highest BCUT2D eigenvalue weighted by Gasteiger charge is 2.20. The van der Waals surface area contributed by atoms with E-state index in [4.69, 9.17) is 4.74 Å². The van der Waals surface area contributed by atoms with E-state index in [9.17, 15) is 8.42 Å². The van der Waals surface area contributed by atoms with Gasteiger partial charge in [0.15, 0.2) is 5.96 Å². The molecule has 1 aromatic carbocycles. The first-order valence-corrected chi connectivity index (χ1v) is 10.5. The van der Waals surface area contributed by atoms with Crippen molar-refractivity contribution in [2.45, 2.75) is 33.7 Å². The molecule has 0 saturated carbocycles. The highest BCUT2D eigenvalue weighted by atomic mass is 127. The van der Waals surface area contributed by atoms with E-state index in [-0.39, 0.29) is 35.1 Å². The minimum Gasteiger partial charge on any atom is -0.497 e. The maximum Gasteiger partial charge on any atom is 0.191 e. The lowest BCUT2D eigenvalue weighted by atomic mass is 9.90. The summed E-state index contributed by atoms with van der Waals surface area (Å²) in [4.78, 5) is 4.59. The number of guanidine groups is 1. The summed E-state index contributed by atoms with van der Waals surface area (Å²) < 4.78 is 28.0. The molecule has 8 heteroatoms. The molecule has 0 atom stereocenters. The average Bonchev–Trinajstić information content (AvgIpc) is 2.55. The Kier molecular flexibility index (Phi) is 11.2. The van der Waals surface area contributed by atoms with Crippen molar-refractivity contribution in [3.05, 3.63) is 29.8 Å². The Bertz CT molecular complexity index is 676. The van der Waals surface area contributed by atoms with Gasteiger partial charge in [-0.2, -0.15) is 0 Å². The topological polar surface area (TPSA) is 79.8 Å². The number of ether oxygens (including phenoxy) is 1. The van der Waals surface area contributed by atoms with E-state index < -0.39 is 9.84 Å². The van der Waals surface area contributed by atoms with Crippen LogP contribution in [-0.2, 0) is 16.4 Å². The number of benzene rings is 1. The van der Waals surface area contributed by atoms with Crippen LogP contribution in [0.4, 0.5) is 0 Å². The van der Waals surface area contributed by atoms with Crippen LogP contribution < -0.4 is 15.4 Å². The van der Waals surface area contributed by atoms with Gasteiger partial charge in [0.1, 0.15) is 15.6 Å². The first-order chi connectivity index (χ1) is 11.6. The summed E-state index contributed by atoms with van der Waals surface area (Å²) in [5.41, 5.74) is 0.919. The lowest BCUT2D eigenvalue weighted by Crippen LogP contribution is -2.42. The van der Waals surface area contributed by atoms with Crippen molar-refractivity contribution in [1.82, 2.24) is 10.6 Å². The van der Waals surface area contributed by atoms with Crippen LogP contribution in [0.15, 0.2) is 29.3 Å². The quantitative estimate of drug-likeness (QED) is 0.312. The van der Waals surface area contributed by atoms with E-state index in [1.807, 2.05) is 31.2 Å². The molecule has 0 fully saturated rings. The van der Waals surface area contributed by atoms with Gasteiger partial charge in [0.2, 0.25) is 0 Å². The highest BCUT2D eigenvalue weighted by Crippen LogP contribution is 2.19. The third-order valence-corrected chi connectivity index (χ3v) is 4.73. The summed E-state index contributed by atoms with van der Waals surface area (Å²) in [6, 6.07) is 7.81. The summed E-state index contributed by atoms with van der Waals surface area (Å²) in [6.45, 7) is 8.06. The molecule has 0 heterocycles. The SMILES string of the molecule is CCNC(=NCc1cccc(OC)c1)NCC(C)(C)CCS(C)(=O)=O.I. The molecular formula is C18H32IN3O3S. The zero-order chi connectivity index (χ0) is 18.9. The van der Waals surface area contributed by atoms with Crippen LogP contribution in [0.2, 0.25) is 0 Å². The molecule has 2 N–H and O–H groups in total. The largest absolute Gasteiger partial charge is 0.497 e. The van der Waals surface area contributed by atoms with Gasteiger partial charge in [-0.3, -0.25) is 0 Å². The molecule has 0 radical (unpaired) electrons. The van der Waals surface area contributed by atoms with E-state index in [1.165, 1.54) is 6.26 Å². The smallest absolute Gasteiger partial charge is 0.191 e. The molecular weight excluding hydrogens is 465 g/mol. The predicted octanol–water partition coefficient (Wildman–Crippen LogP) is 2.83. The van der Waals surface area contributed by atoms with E-state index in [0.717, 1.165) is 23.8 Å². The molecule has 0 aliphatic heterocycles. The first-order valence-electron chi connectivity index (χ1n) is 8.48. The van der Waals surface area contributed by atoms with Crippen molar-refractivity contribution >= 4 is 39.8 Å². The number of rotatable bonds is 9. The third kappa shape index (κ3) is 10.8. The molecule has 1 aromatic rings. The summed E-state index contributed by atoms with van der Waals surface area (Å²) in [6.07, 6.45) is 1.88. The van der Waals surface area contributed by atoms with Crippen molar-refractivity contribution in [1.29, 1.82) is 0 Å². The molecule has 0 aromatic heterocycles. The van der Waals surface area contributed by atoms with Gasteiger partial charge in [0, 0.05) is 19.3 Å². The number of aliphatic imine (C=N–C) groups is 1. The number of sulfone groups is 1. The molecule has 26 heavy (non-hydrogen) atoms. The molecule has 150 valence electrons. The van der Waals surface area contributed by atoms with Gasteiger partial charge in [-0.25, -0.2) is 13.4 Å². The molecule has 0 amide bonds. The van der Waals surface area contributed by atoms with Crippen LogP contribution >= 0.6 is 24.0 Å². The molecule has 0 aliphatic carbocycles. The second kappa shape index (κ2) is 11.6. The van der Waals surface area contributed by atoms with Crippen LogP contribution in [-0.4, -0.2) is 46.6 Å². The van der Waals surface area contributed by atoms with Gasteiger partial charge in [-0.05, 0) is 36.5 Å². The fraction of sp³-hybridized carbons (Fsp3) is 0.611. The Morgan fingerprint density at radius 3 is 2.54 bits per heavy atom. The maximum atomic E-state index is 11.4. The molecule has 0 saturated heterocycles. The second-order valence-electron chi connectivity index (χ2n) is 6.94. The van der Waals surface area contributed by atoms with Crippen molar-refractivity contribution in [3.63, 3.8) is 0 Å². The van der Waals surface area contributed by atoms with E-state index in [1.54, 1.807) is 7.11 Å². The molecule has 0 aliphatic rings. The van der Waals surface area contributed by atoms with Crippen LogP contribution in [0.5, 0.6) is 5.75 Å². The standard InChI is InChI=1S/C18H31N3O3S.HI/c1-6-19-17(20-13-15-8-7-9-16(12-15)24-4)21-14-18(2,3)10-11-25(5,22)23;/h7-9,12H,6,10-11,13-14H2,1-5H3,(H2,19,20,21);1H. The lowest BCUT2D eigenvalue weighted by molar-refractivity contribution is 0.348. The monoisotopic (exact) mass is 497 g/mol. The van der Waals surface area contributed by atoms with Crippen molar-refractivity contribution in [2.75, 3.05) is 32.2 Å². The maximum absolute atomic E-state index is 11.4. The molecule has 1 rings (SSSR count). The number of hydrogen-bond donors (Lipinski definition) is 2. The molecule has 0 bridgehead atoms. The first kappa shape index (κ1) is 25.0. The zero-order valence-electron chi connectivity index (χ0n) is 16.3. The summed E-state index contributed by atoms with van der Waals surface area (Å²) in [5.74, 6) is 1.73.